The standard InChI is InChI=1S/C24H28N4O3/c1-18-26-27-23(28(18)14-13-19-7-3-2-4-8-19)9-5-6-10-24(29)25-16-20-11-12-21-22(15-20)31-17-30-21/h2-4,7-8,11-12,15H,5-6,9-10,13-14,16-17H2,1H3,(H,25,29). The van der Waals surface area contributed by atoms with Crippen LogP contribution < -0.4 is 14.8 Å². The van der Waals surface area contributed by atoms with Crippen LogP contribution in [0.15, 0.2) is 48.5 Å². The SMILES string of the molecule is Cc1nnc(CCCCC(=O)NCc2ccc3c(c2)OCO3)n1CCc1ccccc1. The third-order valence-corrected chi connectivity index (χ3v) is 5.46. The molecular weight excluding hydrogens is 392 g/mol. The van der Waals surface area contributed by atoms with Crippen molar-refractivity contribution < 1.29 is 14.3 Å². The number of ether oxygens (including phenoxy) is 2. The van der Waals surface area contributed by atoms with Crippen LogP contribution in [0.2, 0.25) is 0 Å². The minimum Gasteiger partial charge on any atom is -0.454 e. The first kappa shape index (κ1) is 20.9. The van der Waals surface area contributed by atoms with Crippen LogP contribution in [0.4, 0.5) is 0 Å². The molecule has 2 heterocycles. The molecule has 7 nitrogen and oxygen atoms in total. The molecule has 0 spiro atoms. The van der Waals surface area contributed by atoms with E-state index in [1.54, 1.807) is 0 Å². The number of amides is 1. The van der Waals surface area contributed by atoms with Gasteiger partial charge in [-0.2, -0.15) is 0 Å². The van der Waals surface area contributed by atoms with E-state index in [4.69, 9.17) is 9.47 Å². The predicted octanol–water partition coefficient (Wildman–Crippen LogP) is 3.59. The lowest BCUT2D eigenvalue weighted by Gasteiger charge is -2.09. The number of nitrogens with one attached hydrogen (secondary N) is 1. The first-order chi connectivity index (χ1) is 15.2. The molecule has 0 atom stereocenters. The molecule has 3 aromatic rings. The van der Waals surface area contributed by atoms with Gasteiger partial charge in [0, 0.05) is 25.9 Å². The van der Waals surface area contributed by atoms with E-state index >= 15 is 0 Å². The number of benzene rings is 2. The van der Waals surface area contributed by atoms with E-state index in [1.807, 2.05) is 31.2 Å². The molecule has 7 heteroatoms. The number of unbranched alkanes of at least 4 members (excludes halogenated alkanes) is 1. The molecule has 0 fully saturated rings. The topological polar surface area (TPSA) is 78.3 Å². The van der Waals surface area contributed by atoms with Gasteiger partial charge in [-0.3, -0.25) is 4.79 Å². The second-order valence-corrected chi connectivity index (χ2v) is 7.72. The summed E-state index contributed by atoms with van der Waals surface area (Å²) in [6, 6.07) is 16.2. The van der Waals surface area contributed by atoms with Crippen molar-refractivity contribution in [2.45, 2.75) is 52.1 Å². The number of fused-ring (bicyclic) bond motifs is 1. The molecule has 0 radical (unpaired) electrons. The number of hydrogen-bond acceptors (Lipinski definition) is 5. The lowest BCUT2D eigenvalue weighted by atomic mass is 10.1. The van der Waals surface area contributed by atoms with E-state index in [2.05, 4.69) is 44.3 Å². The first-order valence-corrected chi connectivity index (χ1v) is 10.8. The maximum absolute atomic E-state index is 12.2. The minimum atomic E-state index is 0.0550. The highest BCUT2D eigenvalue weighted by Gasteiger charge is 2.13. The van der Waals surface area contributed by atoms with Crippen molar-refractivity contribution in [2.24, 2.45) is 0 Å². The fraction of sp³-hybridized carbons (Fsp3) is 0.375. The Kier molecular flexibility index (Phi) is 6.82. The van der Waals surface area contributed by atoms with Crippen LogP contribution in [0.1, 0.15) is 42.0 Å². The highest BCUT2D eigenvalue weighted by atomic mass is 16.7. The maximum atomic E-state index is 12.2. The van der Waals surface area contributed by atoms with Crippen LogP contribution in [0, 0.1) is 6.92 Å². The van der Waals surface area contributed by atoms with E-state index < -0.39 is 0 Å². The molecule has 1 N–H and O–H groups in total. The molecule has 4 rings (SSSR count). The number of nitrogens with zero attached hydrogens (tertiary/aromatic N) is 3. The zero-order chi connectivity index (χ0) is 21.5. The number of carbonyl (C=O) groups excluding carboxylic acids is 1. The summed E-state index contributed by atoms with van der Waals surface area (Å²) in [6.45, 7) is 3.60. The highest BCUT2D eigenvalue weighted by molar-refractivity contribution is 5.75. The molecular formula is C24H28N4O3. The molecule has 1 aliphatic rings. The zero-order valence-corrected chi connectivity index (χ0v) is 17.8. The molecule has 1 aromatic heterocycles. The van der Waals surface area contributed by atoms with Crippen molar-refractivity contribution in [1.29, 1.82) is 0 Å². The Balaban J connectivity index is 1.18. The molecule has 0 saturated carbocycles. The van der Waals surface area contributed by atoms with Crippen LogP contribution in [0.3, 0.4) is 0 Å². The Bertz CT molecular complexity index is 1020. The van der Waals surface area contributed by atoms with Gasteiger partial charge in [-0.05, 0) is 49.4 Å². The average molecular weight is 421 g/mol. The molecule has 0 saturated heterocycles. The predicted molar refractivity (Wildman–Crippen MR) is 117 cm³/mol. The van der Waals surface area contributed by atoms with Crippen LogP contribution in [0.25, 0.3) is 0 Å². The summed E-state index contributed by atoms with van der Waals surface area (Å²) in [7, 11) is 0. The molecule has 162 valence electrons. The van der Waals surface area contributed by atoms with Crippen molar-refractivity contribution in [3.8, 4) is 11.5 Å². The Hall–Kier alpha value is -3.35. The Morgan fingerprint density at radius 2 is 1.84 bits per heavy atom. The normalized spacial score (nSPS) is 12.2. The molecule has 2 aromatic carbocycles. The van der Waals surface area contributed by atoms with E-state index in [0.717, 1.165) is 60.9 Å². The Morgan fingerprint density at radius 3 is 2.71 bits per heavy atom. The molecule has 0 unspecified atom stereocenters. The average Bonchev–Trinajstić information content (AvgIpc) is 3.40. The number of aromatic nitrogens is 3. The first-order valence-electron chi connectivity index (χ1n) is 10.8. The highest BCUT2D eigenvalue weighted by Crippen LogP contribution is 2.32. The van der Waals surface area contributed by atoms with Crippen molar-refractivity contribution in [3.05, 3.63) is 71.3 Å². The Morgan fingerprint density at radius 1 is 1.00 bits per heavy atom. The second-order valence-electron chi connectivity index (χ2n) is 7.72. The summed E-state index contributed by atoms with van der Waals surface area (Å²) in [6.07, 6.45) is 4.00. The van der Waals surface area contributed by atoms with Crippen LogP contribution in [-0.4, -0.2) is 27.5 Å². The molecule has 1 aliphatic heterocycles. The zero-order valence-electron chi connectivity index (χ0n) is 17.8. The van der Waals surface area contributed by atoms with Gasteiger partial charge in [0.25, 0.3) is 0 Å². The van der Waals surface area contributed by atoms with Gasteiger partial charge in [-0.25, -0.2) is 0 Å². The van der Waals surface area contributed by atoms with Crippen LogP contribution in [0.5, 0.6) is 11.5 Å². The molecule has 1 amide bonds. The van der Waals surface area contributed by atoms with Gasteiger partial charge in [0.15, 0.2) is 11.5 Å². The smallest absolute Gasteiger partial charge is 0.231 e. The molecule has 31 heavy (non-hydrogen) atoms. The quantitative estimate of drug-likeness (QED) is 0.507. The number of hydrogen-bond donors (Lipinski definition) is 1. The summed E-state index contributed by atoms with van der Waals surface area (Å²) in [4.78, 5) is 12.2. The van der Waals surface area contributed by atoms with Gasteiger partial charge in [0.05, 0.1) is 0 Å². The molecule has 0 aliphatic carbocycles. The minimum absolute atomic E-state index is 0.0550. The van der Waals surface area contributed by atoms with Gasteiger partial charge in [-0.15, -0.1) is 10.2 Å². The van der Waals surface area contributed by atoms with Gasteiger partial charge in [0.1, 0.15) is 11.6 Å². The summed E-state index contributed by atoms with van der Waals surface area (Å²) in [5.41, 5.74) is 2.31. The largest absolute Gasteiger partial charge is 0.454 e. The van der Waals surface area contributed by atoms with Crippen molar-refractivity contribution in [3.63, 3.8) is 0 Å². The Labute approximate surface area is 182 Å². The maximum Gasteiger partial charge on any atom is 0.231 e. The summed E-state index contributed by atoms with van der Waals surface area (Å²) < 4.78 is 12.9. The number of rotatable bonds is 10. The van der Waals surface area contributed by atoms with E-state index in [9.17, 15) is 4.79 Å². The number of carbonyl (C=O) groups is 1. The third-order valence-electron chi connectivity index (χ3n) is 5.46. The van der Waals surface area contributed by atoms with Crippen molar-refractivity contribution in [2.75, 3.05) is 6.79 Å². The van der Waals surface area contributed by atoms with Crippen molar-refractivity contribution >= 4 is 5.91 Å². The van der Waals surface area contributed by atoms with E-state index in [-0.39, 0.29) is 12.7 Å². The van der Waals surface area contributed by atoms with Crippen LogP contribution >= 0.6 is 0 Å². The van der Waals surface area contributed by atoms with Crippen molar-refractivity contribution in [1.82, 2.24) is 20.1 Å². The van der Waals surface area contributed by atoms with E-state index in [1.165, 1.54) is 5.56 Å². The van der Waals surface area contributed by atoms with Gasteiger partial charge in [0.2, 0.25) is 12.7 Å². The fourth-order valence-corrected chi connectivity index (χ4v) is 3.69. The van der Waals surface area contributed by atoms with Crippen LogP contribution in [-0.2, 0) is 30.7 Å². The lowest BCUT2D eigenvalue weighted by molar-refractivity contribution is -0.121. The molecule has 0 bridgehead atoms. The third kappa shape index (κ3) is 5.63. The number of aryl methyl sites for hydroxylation is 3. The summed E-state index contributed by atoms with van der Waals surface area (Å²) in [5.74, 6) is 3.47. The second kappa shape index (κ2) is 10.1. The van der Waals surface area contributed by atoms with E-state index in [0.29, 0.717) is 13.0 Å². The monoisotopic (exact) mass is 420 g/mol. The fourth-order valence-electron chi connectivity index (χ4n) is 3.69. The lowest BCUT2D eigenvalue weighted by Crippen LogP contribution is -2.22. The van der Waals surface area contributed by atoms with Gasteiger partial charge in [-0.1, -0.05) is 36.4 Å². The van der Waals surface area contributed by atoms with Gasteiger partial charge >= 0.3 is 0 Å². The summed E-state index contributed by atoms with van der Waals surface area (Å²) in [5, 5.41) is 11.6. The summed E-state index contributed by atoms with van der Waals surface area (Å²) >= 11 is 0. The van der Waals surface area contributed by atoms with Gasteiger partial charge < -0.3 is 19.4 Å².